The highest BCUT2D eigenvalue weighted by molar-refractivity contribution is 8.00. The molecular formula is C14H8ClF4N3O4S. The second-order valence-corrected chi connectivity index (χ2v) is 6.34. The molecule has 1 aromatic heterocycles. The Morgan fingerprint density at radius 3 is 2.41 bits per heavy atom. The average molecular weight is 426 g/mol. The molecule has 144 valence electrons. The minimum absolute atomic E-state index is 0.0105. The van der Waals surface area contributed by atoms with Gasteiger partial charge in [0, 0.05) is 11.0 Å². The van der Waals surface area contributed by atoms with Crippen molar-refractivity contribution in [2.75, 3.05) is 5.75 Å². The summed E-state index contributed by atoms with van der Waals surface area (Å²) < 4.78 is 52.8. The minimum atomic E-state index is -5.24. The summed E-state index contributed by atoms with van der Waals surface area (Å²) in [5.41, 5.74) is -1.19. The molecule has 2 N–H and O–H groups in total. The second kappa shape index (κ2) is 7.56. The first-order valence-electron chi connectivity index (χ1n) is 6.81. The Hall–Kier alpha value is -2.60. The number of aldehydes is 1. The monoisotopic (exact) mass is 425 g/mol. The van der Waals surface area contributed by atoms with Gasteiger partial charge in [-0.05, 0) is 12.1 Å². The molecular weight excluding hydrogens is 418 g/mol. The topological polar surface area (TPSA) is 104 Å². The number of hydrogen-bond donors (Lipinski definition) is 1. The summed E-state index contributed by atoms with van der Waals surface area (Å²) in [4.78, 5) is 46.3. The molecule has 2 aromatic rings. The first-order chi connectivity index (χ1) is 12.5. The van der Waals surface area contributed by atoms with Crippen molar-refractivity contribution in [1.29, 1.82) is 0 Å². The fourth-order valence-electron chi connectivity index (χ4n) is 2.11. The molecule has 0 aliphatic rings. The molecule has 1 aromatic carbocycles. The summed E-state index contributed by atoms with van der Waals surface area (Å²) in [5, 5.41) is -0.154. The molecule has 0 spiro atoms. The third-order valence-corrected chi connectivity index (χ3v) is 4.54. The van der Waals surface area contributed by atoms with Gasteiger partial charge in [-0.3, -0.25) is 4.79 Å². The highest BCUT2D eigenvalue weighted by atomic mass is 35.5. The van der Waals surface area contributed by atoms with Crippen molar-refractivity contribution < 1.29 is 27.2 Å². The number of benzene rings is 1. The van der Waals surface area contributed by atoms with Crippen LogP contribution in [0.5, 0.6) is 0 Å². The van der Waals surface area contributed by atoms with E-state index in [0.29, 0.717) is 12.4 Å². The summed E-state index contributed by atoms with van der Waals surface area (Å²) >= 11 is 6.63. The molecule has 0 saturated carbocycles. The number of alkyl halides is 3. The van der Waals surface area contributed by atoms with Crippen LogP contribution < -0.4 is 17.0 Å². The molecule has 0 aliphatic heterocycles. The van der Waals surface area contributed by atoms with E-state index < -0.39 is 45.2 Å². The zero-order valence-corrected chi connectivity index (χ0v) is 14.5. The number of carbonyl (C=O) groups excluding carboxylic acids is 2. The van der Waals surface area contributed by atoms with Crippen molar-refractivity contribution in [1.82, 2.24) is 9.13 Å². The van der Waals surface area contributed by atoms with Crippen molar-refractivity contribution in [2.45, 2.75) is 11.1 Å². The van der Waals surface area contributed by atoms with Gasteiger partial charge in [0.1, 0.15) is 17.8 Å². The van der Waals surface area contributed by atoms with Gasteiger partial charge < -0.3 is 10.5 Å². The average Bonchev–Trinajstić information content (AvgIpc) is 2.53. The normalized spacial score (nSPS) is 11.4. The third-order valence-electron chi connectivity index (χ3n) is 3.16. The van der Waals surface area contributed by atoms with Crippen LogP contribution in [0.2, 0.25) is 5.02 Å². The van der Waals surface area contributed by atoms with Gasteiger partial charge in [-0.2, -0.15) is 13.2 Å². The Morgan fingerprint density at radius 1 is 1.26 bits per heavy atom. The molecule has 0 unspecified atom stereocenters. The van der Waals surface area contributed by atoms with Gasteiger partial charge in [-0.25, -0.2) is 23.1 Å². The SMILES string of the molecule is NC(=O)n1c(C(F)(F)F)cc(=O)n(-c2cc(SCC=O)c(Cl)cc2F)c1=O. The van der Waals surface area contributed by atoms with Crippen molar-refractivity contribution in [3.63, 3.8) is 0 Å². The van der Waals surface area contributed by atoms with E-state index in [-0.39, 0.29) is 26.3 Å². The maximum absolute atomic E-state index is 14.3. The van der Waals surface area contributed by atoms with Gasteiger partial charge in [-0.15, -0.1) is 11.8 Å². The molecule has 7 nitrogen and oxygen atoms in total. The third kappa shape index (κ3) is 4.06. The second-order valence-electron chi connectivity index (χ2n) is 4.87. The van der Waals surface area contributed by atoms with Crippen LogP contribution in [0.4, 0.5) is 22.4 Å². The lowest BCUT2D eigenvalue weighted by Crippen LogP contribution is -2.46. The van der Waals surface area contributed by atoms with Crippen LogP contribution in [-0.2, 0) is 11.0 Å². The van der Waals surface area contributed by atoms with Gasteiger partial charge in [0.15, 0.2) is 0 Å². The summed E-state index contributed by atoms with van der Waals surface area (Å²) in [6, 6.07) is -0.264. The molecule has 0 aliphatic carbocycles. The molecule has 1 heterocycles. The van der Waals surface area contributed by atoms with Crippen LogP contribution >= 0.6 is 23.4 Å². The Balaban J connectivity index is 2.87. The number of carbonyl (C=O) groups is 2. The number of nitrogens with two attached hydrogens (primary N) is 1. The number of rotatable bonds is 4. The van der Waals surface area contributed by atoms with E-state index in [1.54, 1.807) is 0 Å². The number of primary amides is 1. The van der Waals surface area contributed by atoms with Crippen LogP contribution in [0.3, 0.4) is 0 Å². The lowest BCUT2D eigenvalue weighted by Gasteiger charge is -2.15. The molecule has 0 fully saturated rings. The summed E-state index contributed by atoms with van der Waals surface area (Å²) in [6.45, 7) is 0. The molecule has 2 rings (SSSR count). The standard InChI is InChI=1S/C14H8ClF4N3O4S/c15-6-3-7(16)8(4-9(6)27-2-1-23)21-11(24)5-10(14(17,18)19)22(12(20)25)13(21)26/h1,3-5H,2H2,(H2,20,25). The summed E-state index contributed by atoms with van der Waals surface area (Å²) in [5.74, 6) is -1.32. The molecule has 1 amide bonds. The Kier molecular flexibility index (Phi) is 5.80. The molecule has 27 heavy (non-hydrogen) atoms. The quantitative estimate of drug-likeness (QED) is 0.458. The predicted octanol–water partition coefficient (Wildman–Crippen LogP) is 2.03. The van der Waals surface area contributed by atoms with Gasteiger partial charge in [0.2, 0.25) is 0 Å². The molecule has 0 radical (unpaired) electrons. The van der Waals surface area contributed by atoms with E-state index in [2.05, 4.69) is 0 Å². The minimum Gasteiger partial charge on any atom is -0.351 e. The maximum Gasteiger partial charge on any atom is 0.432 e. The first kappa shape index (κ1) is 20.7. The van der Waals surface area contributed by atoms with E-state index in [0.717, 1.165) is 17.8 Å². The van der Waals surface area contributed by atoms with E-state index in [4.69, 9.17) is 17.3 Å². The largest absolute Gasteiger partial charge is 0.432 e. The molecule has 0 bridgehead atoms. The Labute approximate surface area is 156 Å². The van der Waals surface area contributed by atoms with Crippen LogP contribution in [0.25, 0.3) is 5.69 Å². The van der Waals surface area contributed by atoms with E-state index in [1.165, 1.54) is 0 Å². The lowest BCUT2D eigenvalue weighted by molar-refractivity contribution is -0.143. The van der Waals surface area contributed by atoms with Crippen LogP contribution in [-0.4, -0.2) is 27.2 Å². The van der Waals surface area contributed by atoms with Crippen molar-refractivity contribution in [2.24, 2.45) is 5.73 Å². The number of nitrogens with zero attached hydrogens (tertiary/aromatic N) is 2. The zero-order chi connectivity index (χ0) is 20.5. The molecule has 0 atom stereocenters. The van der Waals surface area contributed by atoms with E-state index in [1.807, 2.05) is 0 Å². The van der Waals surface area contributed by atoms with Crippen molar-refractivity contribution in [3.05, 3.63) is 55.6 Å². The Morgan fingerprint density at radius 2 is 1.89 bits per heavy atom. The van der Waals surface area contributed by atoms with Gasteiger partial charge in [0.25, 0.3) is 5.56 Å². The number of aromatic nitrogens is 2. The van der Waals surface area contributed by atoms with Crippen LogP contribution in [0.15, 0.2) is 32.7 Å². The zero-order valence-electron chi connectivity index (χ0n) is 12.9. The predicted molar refractivity (Wildman–Crippen MR) is 88.0 cm³/mol. The molecule has 0 saturated heterocycles. The Bertz CT molecular complexity index is 1050. The smallest absolute Gasteiger partial charge is 0.351 e. The van der Waals surface area contributed by atoms with E-state index >= 15 is 0 Å². The number of halogens is 5. The van der Waals surface area contributed by atoms with Gasteiger partial charge >= 0.3 is 17.9 Å². The summed E-state index contributed by atoms with van der Waals surface area (Å²) in [6.07, 6.45) is -4.73. The van der Waals surface area contributed by atoms with Crippen molar-refractivity contribution >= 4 is 35.7 Å². The highest BCUT2D eigenvalue weighted by Crippen LogP contribution is 2.31. The fraction of sp³-hybridized carbons (Fsp3) is 0.143. The number of thioether (sulfide) groups is 1. The van der Waals surface area contributed by atoms with Gasteiger partial charge in [0.05, 0.1) is 16.5 Å². The maximum atomic E-state index is 14.3. The van der Waals surface area contributed by atoms with E-state index in [9.17, 15) is 36.7 Å². The fourth-order valence-corrected chi connectivity index (χ4v) is 3.06. The number of amides is 1. The first-order valence-corrected chi connectivity index (χ1v) is 8.17. The lowest BCUT2D eigenvalue weighted by atomic mass is 10.3. The van der Waals surface area contributed by atoms with Crippen LogP contribution in [0.1, 0.15) is 5.69 Å². The summed E-state index contributed by atoms with van der Waals surface area (Å²) in [7, 11) is 0. The van der Waals surface area contributed by atoms with Crippen molar-refractivity contribution in [3.8, 4) is 5.69 Å². The van der Waals surface area contributed by atoms with Crippen LogP contribution in [0, 0.1) is 5.82 Å². The van der Waals surface area contributed by atoms with Gasteiger partial charge in [-0.1, -0.05) is 11.6 Å². The highest BCUT2D eigenvalue weighted by Gasteiger charge is 2.37. The molecule has 13 heteroatoms. The number of hydrogen-bond acceptors (Lipinski definition) is 5.